The highest BCUT2D eigenvalue weighted by molar-refractivity contribution is 5.77. The molecule has 0 spiro atoms. The van der Waals surface area contributed by atoms with Gasteiger partial charge in [-0.15, -0.1) is 0 Å². The number of hydrogen-bond donors (Lipinski definition) is 0. The minimum atomic E-state index is 0.173. The van der Waals surface area contributed by atoms with E-state index in [0.29, 0.717) is 31.1 Å². The average molecular weight is 422 g/mol. The maximum Gasteiger partial charge on any atom is 0.278 e. The summed E-state index contributed by atoms with van der Waals surface area (Å²) in [6.07, 6.45) is 4.12. The number of aromatic nitrogens is 4. The predicted molar refractivity (Wildman–Crippen MR) is 113 cm³/mol. The molecule has 0 saturated carbocycles. The molecule has 2 aromatic heterocycles. The molecule has 0 aliphatic carbocycles. The highest BCUT2D eigenvalue weighted by Crippen LogP contribution is 2.33. The highest BCUT2D eigenvalue weighted by Gasteiger charge is 2.32. The van der Waals surface area contributed by atoms with E-state index in [1.807, 2.05) is 34.8 Å². The summed E-state index contributed by atoms with van der Waals surface area (Å²) >= 11 is 0. The van der Waals surface area contributed by atoms with Gasteiger partial charge in [-0.25, -0.2) is 0 Å². The molecule has 5 rings (SSSR count). The number of ether oxygens (including phenoxy) is 1. The number of carbonyl (C=O) groups is 1. The quantitative estimate of drug-likeness (QED) is 0.607. The number of rotatable bonds is 6. The minimum Gasteiger partial charge on any atom is -0.381 e. The van der Waals surface area contributed by atoms with Crippen LogP contribution in [0.5, 0.6) is 0 Å². The van der Waals surface area contributed by atoms with Gasteiger partial charge >= 0.3 is 0 Å². The maximum atomic E-state index is 12.8. The summed E-state index contributed by atoms with van der Waals surface area (Å²) < 4.78 is 12.8. The average Bonchev–Trinajstić information content (AvgIpc) is 3.52. The van der Waals surface area contributed by atoms with E-state index in [1.165, 1.54) is 5.56 Å². The zero-order valence-corrected chi connectivity index (χ0v) is 17.8. The van der Waals surface area contributed by atoms with E-state index >= 15 is 0 Å². The van der Waals surface area contributed by atoms with Crippen molar-refractivity contribution < 1.29 is 14.1 Å². The Morgan fingerprint density at radius 1 is 1.16 bits per heavy atom. The Labute approximate surface area is 181 Å². The van der Waals surface area contributed by atoms with E-state index in [2.05, 4.69) is 27.4 Å². The molecule has 8 nitrogen and oxygen atoms in total. The van der Waals surface area contributed by atoms with Crippen molar-refractivity contribution in [1.29, 1.82) is 0 Å². The van der Waals surface area contributed by atoms with E-state index < -0.39 is 0 Å². The van der Waals surface area contributed by atoms with Gasteiger partial charge in [0.05, 0.1) is 18.8 Å². The number of hydrogen-bond acceptors (Lipinski definition) is 6. The third-order valence-corrected chi connectivity index (χ3v) is 6.25. The van der Waals surface area contributed by atoms with Gasteiger partial charge in [0, 0.05) is 38.2 Å². The first-order valence-electron chi connectivity index (χ1n) is 11.0. The van der Waals surface area contributed by atoms with E-state index in [4.69, 9.17) is 9.26 Å². The first kappa shape index (κ1) is 19.9. The normalized spacial score (nSPS) is 16.6. The number of aryl methyl sites for hydroxylation is 2. The number of nitrogens with zero attached hydrogens (tertiary/aromatic N) is 5. The van der Waals surface area contributed by atoms with Crippen LogP contribution in [0.4, 0.5) is 0 Å². The Hall–Kier alpha value is -3.00. The summed E-state index contributed by atoms with van der Waals surface area (Å²) in [6, 6.07) is 10.3. The molecule has 0 bridgehead atoms. The number of fused-ring (bicyclic) bond motifs is 1. The van der Waals surface area contributed by atoms with Crippen molar-refractivity contribution in [2.75, 3.05) is 13.2 Å². The Kier molecular flexibility index (Phi) is 5.55. The highest BCUT2D eigenvalue weighted by atomic mass is 16.5. The third kappa shape index (κ3) is 4.12. The molecule has 1 fully saturated rings. The van der Waals surface area contributed by atoms with Crippen LogP contribution in [0, 0.1) is 0 Å². The lowest BCUT2D eigenvalue weighted by molar-refractivity contribution is -0.131. The molecule has 0 radical (unpaired) electrons. The number of amides is 1. The topological polar surface area (TPSA) is 86.3 Å². The lowest BCUT2D eigenvalue weighted by atomic mass is 10.00. The molecule has 162 valence electrons. The summed E-state index contributed by atoms with van der Waals surface area (Å²) in [4.78, 5) is 19.3. The second kappa shape index (κ2) is 8.63. The lowest BCUT2D eigenvalue weighted by Crippen LogP contribution is -2.26. The van der Waals surface area contributed by atoms with Crippen molar-refractivity contribution in [2.24, 2.45) is 7.05 Å². The summed E-state index contributed by atoms with van der Waals surface area (Å²) in [5.74, 6) is 1.61. The van der Waals surface area contributed by atoms with E-state index in [0.717, 1.165) is 56.0 Å². The Bertz CT molecular complexity index is 1050. The molecule has 31 heavy (non-hydrogen) atoms. The van der Waals surface area contributed by atoms with Gasteiger partial charge in [0.25, 0.3) is 5.89 Å². The molecule has 4 heterocycles. The van der Waals surface area contributed by atoms with Crippen LogP contribution in [-0.4, -0.2) is 43.9 Å². The molecule has 3 aromatic rings. The molecule has 1 aromatic carbocycles. The smallest absolute Gasteiger partial charge is 0.278 e. The molecule has 8 heteroatoms. The van der Waals surface area contributed by atoms with Gasteiger partial charge in [-0.2, -0.15) is 10.1 Å². The van der Waals surface area contributed by atoms with Gasteiger partial charge in [0.15, 0.2) is 11.5 Å². The van der Waals surface area contributed by atoms with Crippen LogP contribution in [0.3, 0.4) is 0 Å². The fourth-order valence-corrected chi connectivity index (χ4v) is 4.44. The summed E-state index contributed by atoms with van der Waals surface area (Å²) in [7, 11) is 1.90. The van der Waals surface area contributed by atoms with Crippen molar-refractivity contribution in [1.82, 2.24) is 24.8 Å². The molecule has 0 N–H and O–H groups in total. The van der Waals surface area contributed by atoms with E-state index in [9.17, 15) is 4.79 Å². The summed E-state index contributed by atoms with van der Waals surface area (Å²) in [5.41, 5.74) is 4.02. The zero-order chi connectivity index (χ0) is 21.2. The molecule has 1 amide bonds. The van der Waals surface area contributed by atoms with E-state index in [-0.39, 0.29) is 11.8 Å². The van der Waals surface area contributed by atoms with Crippen LogP contribution in [-0.2, 0) is 36.1 Å². The first-order chi connectivity index (χ1) is 15.2. The van der Waals surface area contributed by atoms with Crippen molar-refractivity contribution in [3.8, 4) is 11.6 Å². The van der Waals surface area contributed by atoms with Crippen LogP contribution in [0.25, 0.3) is 11.6 Å². The zero-order valence-electron chi connectivity index (χ0n) is 17.8. The monoisotopic (exact) mass is 421 g/mol. The van der Waals surface area contributed by atoms with Crippen molar-refractivity contribution in [3.63, 3.8) is 0 Å². The second-order valence-corrected chi connectivity index (χ2v) is 8.33. The Balaban J connectivity index is 1.24. The molecule has 0 atom stereocenters. The largest absolute Gasteiger partial charge is 0.381 e. The van der Waals surface area contributed by atoms with Crippen molar-refractivity contribution in [2.45, 2.75) is 51.1 Å². The van der Waals surface area contributed by atoms with Crippen LogP contribution in [0.2, 0.25) is 0 Å². The Morgan fingerprint density at radius 3 is 2.77 bits per heavy atom. The summed E-state index contributed by atoms with van der Waals surface area (Å²) in [5, 5.41) is 8.82. The van der Waals surface area contributed by atoms with Gasteiger partial charge in [0.2, 0.25) is 5.91 Å². The van der Waals surface area contributed by atoms with Crippen LogP contribution in [0.1, 0.15) is 54.2 Å². The van der Waals surface area contributed by atoms with Crippen molar-refractivity contribution in [3.05, 3.63) is 53.0 Å². The molecule has 1 saturated heterocycles. The SMILES string of the molecule is Cn1nc(-c2nc(C3CCOCC3)no2)c2c1CN(C(=O)CCCc1ccccc1)C2. The lowest BCUT2D eigenvalue weighted by Gasteiger charge is -2.18. The third-order valence-electron chi connectivity index (χ3n) is 6.25. The molecule has 0 unspecified atom stereocenters. The number of carbonyl (C=O) groups excluding carboxylic acids is 1. The molecular formula is C23H27N5O3. The van der Waals surface area contributed by atoms with Crippen LogP contribution in [0.15, 0.2) is 34.9 Å². The molecule has 2 aliphatic rings. The molecular weight excluding hydrogens is 394 g/mol. The minimum absolute atomic E-state index is 0.173. The predicted octanol–water partition coefficient (Wildman–Crippen LogP) is 3.23. The van der Waals surface area contributed by atoms with Gasteiger partial charge < -0.3 is 14.2 Å². The van der Waals surface area contributed by atoms with Gasteiger partial charge in [0.1, 0.15) is 0 Å². The van der Waals surface area contributed by atoms with Crippen molar-refractivity contribution >= 4 is 5.91 Å². The Morgan fingerprint density at radius 2 is 1.97 bits per heavy atom. The standard InChI is InChI=1S/C23H27N5O3/c1-27-19-15-28(20(29)9-5-8-16-6-3-2-4-7-16)14-18(19)21(25-27)23-24-22(26-31-23)17-10-12-30-13-11-17/h2-4,6-7,17H,5,8-15H2,1H3. The van der Waals surface area contributed by atoms with E-state index in [1.54, 1.807) is 0 Å². The van der Waals surface area contributed by atoms with Crippen LogP contribution >= 0.6 is 0 Å². The number of benzene rings is 1. The fraction of sp³-hybridized carbons (Fsp3) is 0.478. The first-order valence-corrected chi connectivity index (χ1v) is 11.0. The van der Waals surface area contributed by atoms with Gasteiger partial charge in [-0.05, 0) is 31.2 Å². The van der Waals surface area contributed by atoms with Gasteiger partial charge in [-0.1, -0.05) is 35.5 Å². The second-order valence-electron chi connectivity index (χ2n) is 8.33. The maximum absolute atomic E-state index is 12.8. The fourth-order valence-electron chi connectivity index (χ4n) is 4.44. The van der Waals surface area contributed by atoms with Crippen LogP contribution < -0.4 is 0 Å². The van der Waals surface area contributed by atoms with Gasteiger partial charge in [-0.3, -0.25) is 9.48 Å². The molecule has 2 aliphatic heterocycles. The summed E-state index contributed by atoms with van der Waals surface area (Å²) in [6.45, 7) is 2.57.